The molecule has 0 aliphatic rings. The van der Waals surface area contributed by atoms with Gasteiger partial charge in [-0.25, -0.2) is 15.5 Å². The normalized spacial score (nSPS) is 9.78. The molecule has 8 nitrogen and oxygen atoms in total. The zero-order chi connectivity index (χ0) is 13.0. The van der Waals surface area contributed by atoms with E-state index >= 15 is 0 Å². The predicted molar refractivity (Wildman–Crippen MR) is 59.7 cm³/mol. The molecule has 2 heterocycles. The Kier molecular flexibility index (Phi) is 3.26. The molecule has 2 aromatic heterocycles. The van der Waals surface area contributed by atoms with Crippen molar-refractivity contribution >= 4 is 5.91 Å². The number of pyridine rings is 1. The van der Waals surface area contributed by atoms with Crippen LogP contribution in [0.2, 0.25) is 0 Å². The number of carbonyl (C=O) groups excluding carboxylic acids is 1. The SMILES string of the molecule is N#Cc1ncn(Cc2ccc(C(=O)NN)cn2)n1. The monoisotopic (exact) mass is 243 g/mol. The second kappa shape index (κ2) is 5.03. The van der Waals surface area contributed by atoms with Gasteiger partial charge in [-0.3, -0.25) is 15.2 Å². The van der Waals surface area contributed by atoms with Crippen LogP contribution in [0.5, 0.6) is 0 Å². The summed E-state index contributed by atoms with van der Waals surface area (Å²) >= 11 is 0. The lowest BCUT2D eigenvalue weighted by Crippen LogP contribution is -2.30. The van der Waals surface area contributed by atoms with Crippen LogP contribution in [0.1, 0.15) is 21.9 Å². The van der Waals surface area contributed by atoms with Crippen LogP contribution in [0.25, 0.3) is 0 Å². The van der Waals surface area contributed by atoms with Crippen LogP contribution in [0.4, 0.5) is 0 Å². The van der Waals surface area contributed by atoms with Crippen LogP contribution in [0.15, 0.2) is 24.7 Å². The van der Waals surface area contributed by atoms with Crippen molar-refractivity contribution in [3.05, 3.63) is 41.7 Å². The first-order valence-electron chi connectivity index (χ1n) is 4.98. The van der Waals surface area contributed by atoms with Gasteiger partial charge in [0.1, 0.15) is 12.4 Å². The molecule has 2 aromatic rings. The number of hydrazine groups is 1. The van der Waals surface area contributed by atoms with E-state index in [1.807, 2.05) is 11.5 Å². The van der Waals surface area contributed by atoms with Gasteiger partial charge in [-0.05, 0) is 12.1 Å². The molecule has 0 aliphatic heterocycles. The molecule has 0 saturated carbocycles. The van der Waals surface area contributed by atoms with Crippen LogP contribution in [-0.4, -0.2) is 25.7 Å². The molecule has 0 unspecified atom stereocenters. The summed E-state index contributed by atoms with van der Waals surface area (Å²) in [5.41, 5.74) is 3.08. The van der Waals surface area contributed by atoms with Crippen molar-refractivity contribution in [3.8, 4) is 6.07 Å². The Balaban J connectivity index is 2.11. The van der Waals surface area contributed by atoms with Crippen molar-refractivity contribution in [2.45, 2.75) is 6.54 Å². The minimum atomic E-state index is -0.401. The number of hydrogen-bond donors (Lipinski definition) is 2. The van der Waals surface area contributed by atoms with E-state index in [0.29, 0.717) is 17.8 Å². The molecule has 0 atom stereocenters. The van der Waals surface area contributed by atoms with E-state index in [1.54, 1.807) is 12.1 Å². The molecular weight excluding hydrogens is 234 g/mol. The highest BCUT2D eigenvalue weighted by Crippen LogP contribution is 2.02. The fourth-order valence-corrected chi connectivity index (χ4v) is 1.32. The smallest absolute Gasteiger partial charge is 0.266 e. The molecule has 0 aliphatic carbocycles. The Morgan fingerprint density at radius 2 is 2.33 bits per heavy atom. The van der Waals surface area contributed by atoms with Gasteiger partial charge in [0.05, 0.1) is 17.8 Å². The van der Waals surface area contributed by atoms with Crippen LogP contribution in [0, 0.1) is 11.3 Å². The van der Waals surface area contributed by atoms with Crippen molar-refractivity contribution in [2.75, 3.05) is 0 Å². The van der Waals surface area contributed by atoms with E-state index in [4.69, 9.17) is 11.1 Å². The van der Waals surface area contributed by atoms with E-state index in [-0.39, 0.29) is 5.82 Å². The summed E-state index contributed by atoms with van der Waals surface area (Å²) in [6, 6.07) is 5.12. The minimum Gasteiger partial charge on any atom is -0.290 e. The van der Waals surface area contributed by atoms with Crippen molar-refractivity contribution in [1.29, 1.82) is 5.26 Å². The number of rotatable bonds is 3. The van der Waals surface area contributed by atoms with Crippen molar-refractivity contribution < 1.29 is 4.79 Å². The summed E-state index contributed by atoms with van der Waals surface area (Å²) in [4.78, 5) is 19.0. The minimum absolute atomic E-state index is 0.106. The summed E-state index contributed by atoms with van der Waals surface area (Å²) in [5, 5.41) is 12.5. The first-order chi connectivity index (χ1) is 8.72. The Labute approximate surface area is 102 Å². The average Bonchev–Trinajstić information content (AvgIpc) is 2.86. The zero-order valence-electron chi connectivity index (χ0n) is 9.24. The molecule has 90 valence electrons. The van der Waals surface area contributed by atoms with Gasteiger partial charge < -0.3 is 0 Å². The number of amides is 1. The number of nitrogens with one attached hydrogen (secondary N) is 1. The topological polar surface area (TPSA) is 123 Å². The predicted octanol–water partition coefficient (Wildman–Crippen LogP) is -0.803. The summed E-state index contributed by atoms with van der Waals surface area (Å²) in [6.07, 6.45) is 2.86. The van der Waals surface area contributed by atoms with Crippen molar-refractivity contribution in [2.24, 2.45) is 5.84 Å². The van der Waals surface area contributed by atoms with Gasteiger partial charge in [0.2, 0.25) is 0 Å². The number of carbonyl (C=O) groups is 1. The number of nitrogen functional groups attached to an aromatic ring is 1. The lowest BCUT2D eigenvalue weighted by molar-refractivity contribution is 0.0953. The summed E-state index contributed by atoms with van der Waals surface area (Å²) in [6.45, 7) is 0.374. The van der Waals surface area contributed by atoms with E-state index in [9.17, 15) is 4.79 Å². The summed E-state index contributed by atoms with van der Waals surface area (Å²) in [7, 11) is 0. The molecule has 1 amide bonds. The van der Waals surface area contributed by atoms with Gasteiger partial charge in [0.25, 0.3) is 11.7 Å². The third-order valence-corrected chi connectivity index (χ3v) is 2.18. The first kappa shape index (κ1) is 11.7. The number of hydrogen-bond acceptors (Lipinski definition) is 6. The molecule has 0 bridgehead atoms. The lowest BCUT2D eigenvalue weighted by atomic mass is 10.2. The number of nitrogens with two attached hydrogens (primary N) is 1. The molecule has 0 fully saturated rings. The number of aromatic nitrogens is 4. The standard InChI is InChI=1S/C10H9N7O/c11-3-9-14-6-17(16-9)5-8-2-1-7(4-13-8)10(18)15-12/h1-2,4,6H,5,12H2,(H,15,18). The zero-order valence-corrected chi connectivity index (χ0v) is 9.24. The molecule has 3 N–H and O–H groups in total. The Morgan fingerprint density at radius 1 is 1.50 bits per heavy atom. The van der Waals surface area contributed by atoms with Gasteiger partial charge in [-0.1, -0.05) is 0 Å². The van der Waals surface area contributed by atoms with Gasteiger partial charge in [-0.2, -0.15) is 5.26 Å². The quantitative estimate of drug-likeness (QED) is 0.413. The van der Waals surface area contributed by atoms with Gasteiger partial charge >= 0.3 is 0 Å². The van der Waals surface area contributed by atoms with Crippen molar-refractivity contribution in [3.63, 3.8) is 0 Å². The van der Waals surface area contributed by atoms with Crippen LogP contribution < -0.4 is 11.3 Å². The maximum Gasteiger partial charge on any atom is 0.266 e. The van der Waals surface area contributed by atoms with E-state index in [1.165, 1.54) is 17.2 Å². The Bertz CT molecular complexity index is 595. The molecule has 0 saturated heterocycles. The van der Waals surface area contributed by atoms with Crippen LogP contribution >= 0.6 is 0 Å². The third-order valence-electron chi connectivity index (χ3n) is 2.18. The van der Waals surface area contributed by atoms with Crippen LogP contribution in [0.3, 0.4) is 0 Å². The third kappa shape index (κ3) is 2.47. The summed E-state index contributed by atoms with van der Waals surface area (Å²) in [5.74, 6) is 4.71. The molecule has 0 spiro atoms. The summed E-state index contributed by atoms with van der Waals surface area (Å²) < 4.78 is 1.49. The van der Waals surface area contributed by atoms with Crippen LogP contribution in [-0.2, 0) is 6.54 Å². The highest BCUT2D eigenvalue weighted by atomic mass is 16.2. The number of nitriles is 1. The molecule has 0 aromatic carbocycles. The fraction of sp³-hybridized carbons (Fsp3) is 0.100. The molecule has 0 radical (unpaired) electrons. The van der Waals surface area contributed by atoms with E-state index in [0.717, 1.165) is 0 Å². The average molecular weight is 243 g/mol. The van der Waals surface area contributed by atoms with Crippen molar-refractivity contribution in [1.82, 2.24) is 25.2 Å². The van der Waals surface area contributed by atoms with Gasteiger partial charge in [0.15, 0.2) is 0 Å². The fourth-order valence-electron chi connectivity index (χ4n) is 1.32. The van der Waals surface area contributed by atoms with Gasteiger partial charge in [0, 0.05) is 6.20 Å². The Morgan fingerprint density at radius 3 is 2.89 bits per heavy atom. The molecule has 18 heavy (non-hydrogen) atoms. The highest BCUT2D eigenvalue weighted by Gasteiger charge is 2.05. The lowest BCUT2D eigenvalue weighted by Gasteiger charge is -2.02. The molecule has 2 rings (SSSR count). The largest absolute Gasteiger partial charge is 0.290 e. The number of nitrogens with zero attached hydrogens (tertiary/aromatic N) is 5. The second-order valence-corrected chi connectivity index (χ2v) is 3.39. The highest BCUT2D eigenvalue weighted by molar-refractivity contribution is 5.93. The Hall–Kier alpha value is -2.79. The molecular formula is C10H9N7O. The first-order valence-corrected chi connectivity index (χ1v) is 4.98. The van der Waals surface area contributed by atoms with Gasteiger partial charge in [-0.15, -0.1) is 5.10 Å². The second-order valence-electron chi connectivity index (χ2n) is 3.39. The molecule has 8 heteroatoms. The maximum absolute atomic E-state index is 11.2. The van der Waals surface area contributed by atoms with E-state index < -0.39 is 5.91 Å². The van der Waals surface area contributed by atoms with E-state index in [2.05, 4.69) is 15.1 Å². The maximum atomic E-state index is 11.2.